The van der Waals surface area contributed by atoms with E-state index in [4.69, 9.17) is 4.74 Å². The molecule has 4 nitrogen and oxygen atoms in total. The molecule has 0 aliphatic carbocycles. The molecular weight excluding hydrogens is 228 g/mol. The summed E-state index contributed by atoms with van der Waals surface area (Å²) in [6.07, 6.45) is 4.01. The minimum Gasteiger partial charge on any atom is -0.481 e. The highest BCUT2D eigenvalue weighted by Crippen LogP contribution is 2.25. The van der Waals surface area contributed by atoms with E-state index < -0.39 is 0 Å². The van der Waals surface area contributed by atoms with Gasteiger partial charge in [-0.15, -0.1) is 0 Å². The Labute approximate surface area is 108 Å². The van der Waals surface area contributed by atoms with Gasteiger partial charge in [0.25, 0.3) is 0 Å². The SMILES string of the molecule is COc1cc([C@@H](C)C(=O)N2CCCC2)c(C)cn1. The summed E-state index contributed by atoms with van der Waals surface area (Å²) >= 11 is 0. The number of ether oxygens (including phenoxy) is 1. The number of methoxy groups -OCH3 is 1. The summed E-state index contributed by atoms with van der Waals surface area (Å²) in [7, 11) is 1.59. The second kappa shape index (κ2) is 5.38. The van der Waals surface area contributed by atoms with Crippen LogP contribution in [0.5, 0.6) is 5.88 Å². The second-order valence-corrected chi connectivity index (χ2v) is 4.84. The lowest BCUT2D eigenvalue weighted by molar-refractivity contribution is -0.131. The van der Waals surface area contributed by atoms with Crippen LogP contribution in [0.15, 0.2) is 12.3 Å². The Hall–Kier alpha value is -1.58. The molecule has 1 aliphatic rings. The van der Waals surface area contributed by atoms with Crippen LogP contribution in [-0.2, 0) is 4.79 Å². The second-order valence-electron chi connectivity index (χ2n) is 4.84. The fraction of sp³-hybridized carbons (Fsp3) is 0.571. The zero-order chi connectivity index (χ0) is 13.1. The van der Waals surface area contributed by atoms with Crippen molar-refractivity contribution in [2.45, 2.75) is 32.6 Å². The van der Waals surface area contributed by atoms with Crippen molar-refractivity contribution in [1.82, 2.24) is 9.88 Å². The lowest BCUT2D eigenvalue weighted by Gasteiger charge is -2.21. The number of carbonyl (C=O) groups is 1. The van der Waals surface area contributed by atoms with E-state index in [2.05, 4.69) is 4.98 Å². The van der Waals surface area contributed by atoms with E-state index in [1.807, 2.05) is 24.8 Å². The van der Waals surface area contributed by atoms with Gasteiger partial charge in [-0.05, 0) is 37.8 Å². The van der Waals surface area contributed by atoms with Crippen molar-refractivity contribution in [3.05, 3.63) is 23.4 Å². The third kappa shape index (κ3) is 2.47. The molecule has 0 radical (unpaired) electrons. The van der Waals surface area contributed by atoms with E-state index in [0.717, 1.165) is 37.1 Å². The highest BCUT2D eigenvalue weighted by molar-refractivity contribution is 5.84. The molecule has 1 saturated heterocycles. The molecule has 98 valence electrons. The van der Waals surface area contributed by atoms with Crippen LogP contribution in [0.25, 0.3) is 0 Å². The van der Waals surface area contributed by atoms with Crippen molar-refractivity contribution in [2.75, 3.05) is 20.2 Å². The number of carbonyl (C=O) groups excluding carboxylic acids is 1. The summed E-state index contributed by atoms with van der Waals surface area (Å²) < 4.78 is 5.13. The van der Waals surface area contributed by atoms with Gasteiger partial charge >= 0.3 is 0 Å². The topological polar surface area (TPSA) is 42.4 Å². The Morgan fingerprint density at radius 3 is 2.72 bits per heavy atom. The first-order valence-corrected chi connectivity index (χ1v) is 6.43. The van der Waals surface area contributed by atoms with Crippen molar-refractivity contribution in [3.8, 4) is 5.88 Å². The van der Waals surface area contributed by atoms with E-state index in [0.29, 0.717) is 5.88 Å². The molecule has 2 rings (SSSR count). The zero-order valence-electron chi connectivity index (χ0n) is 11.3. The smallest absolute Gasteiger partial charge is 0.229 e. The van der Waals surface area contributed by atoms with Crippen molar-refractivity contribution >= 4 is 5.91 Å². The Morgan fingerprint density at radius 1 is 1.44 bits per heavy atom. The van der Waals surface area contributed by atoms with Crippen LogP contribution in [0.4, 0.5) is 0 Å². The van der Waals surface area contributed by atoms with Gasteiger partial charge in [0.15, 0.2) is 0 Å². The number of aryl methyl sites for hydroxylation is 1. The number of hydrogen-bond acceptors (Lipinski definition) is 3. The molecule has 18 heavy (non-hydrogen) atoms. The molecule has 0 N–H and O–H groups in total. The summed E-state index contributed by atoms with van der Waals surface area (Å²) in [5.74, 6) is 0.653. The van der Waals surface area contributed by atoms with Gasteiger partial charge in [0.05, 0.1) is 13.0 Å². The van der Waals surface area contributed by atoms with E-state index >= 15 is 0 Å². The highest BCUT2D eigenvalue weighted by Gasteiger charge is 2.25. The first-order valence-electron chi connectivity index (χ1n) is 6.43. The quantitative estimate of drug-likeness (QED) is 0.823. The average molecular weight is 248 g/mol. The van der Waals surface area contributed by atoms with Crippen LogP contribution in [0.2, 0.25) is 0 Å². The monoisotopic (exact) mass is 248 g/mol. The molecule has 1 atom stereocenters. The van der Waals surface area contributed by atoms with E-state index in [9.17, 15) is 4.79 Å². The summed E-state index contributed by atoms with van der Waals surface area (Å²) in [5.41, 5.74) is 2.05. The number of hydrogen-bond donors (Lipinski definition) is 0. The number of nitrogens with zero attached hydrogens (tertiary/aromatic N) is 2. The molecule has 0 bridgehead atoms. The molecule has 1 aliphatic heterocycles. The van der Waals surface area contributed by atoms with Crippen LogP contribution in [-0.4, -0.2) is 36.0 Å². The molecule has 0 unspecified atom stereocenters. The molecule has 4 heteroatoms. The van der Waals surface area contributed by atoms with Gasteiger partial charge in [-0.3, -0.25) is 4.79 Å². The third-order valence-corrected chi connectivity index (χ3v) is 3.58. The third-order valence-electron chi connectivity index (χ3n) is 3.58. The maximum absolute atomic E-state index is 12.4. The van der Waals surface area contributed by atoms with Gasteiger partial charge < -0.3 is 9.64 Å². The Bertz CT molecular complexity index is 439. The predicted molar refractivity (Wildman–Crippen MR) is 69.8 cm³/mol. The van der Waals surface area contributed by atoms with E-state index in [1.165, 1.54) is 0 Å². The van der Waals surface area contributed by atoms with Gasteiger partial charge in [-0.25, -0.2) is 4.98 Å². The summed E-state index contributed by atoms with van der Waals surface area (Å²) in [6, 6.07) is 1.87. The van der Waals surface area contributed by atoms with Crippen molar-refractivity contribution in [2.24, 2.45) is 0 Å². The standard InChI is InChI=1S/C14H20N2O2/c1-10-9-15-13(18-3)8-12(10)11(2)14(17)16-6-4-5-7-16/h8-9,11H,4-7H2,1-3H3/t11-/m1/s1. The van der Waals surface area contributed by atoms with Crippen molar-refractivity contribution < 1.29 is 9.53 Å². The molecule has 1 aromatic rings. The lowest BCUT2D eigenvalue weighted by atomic mass is 9.97. The van der Waals surface area contributed by atoms with Crippen LogP contribution in [0.3, 0.4) is 0 Å². The minimum absolute atomic E-state index is 0.125. The van der Waals surface area contributed by atoms with Crippen LogP contribution in [0, 0.1) is 6.92 Å². The Morgan fingerprint density at radius 2 is 2.11 bits per heavy atom. The normalized spacial score (nSPS) is 16.7. The van der Waals surface area contributed by atoms with Crippen LogP contribution < -0.4 is 4.74 Å². The number of pyridine rings is 1. The first kappa shape index (κ1) is 12.9. The Balaban J connectivity index is 2.21. The largest absolute Gasteiger partial charge is 0.481 e. The first-order chi connectivity index (χ1) is 8.63. The summed E-state index contributed by atoms with van der Waals surface area (Å²) in [5, 5.41) is 0. The van der Waals surface area contributed by atoms with Gasteiger partial charge in [-0.1, -0.05) is 0 Å². The maximum atomic E-state index is 12.4. The highest BCUT2D eigenvalue weighted by atomic mass is 16.5. The molecule has 1 fully saturated rings. The summed E-state index contributed by atoms with van der Waals surface area (Å²) in [6.45, 7) is 5.73. The van der Waals surface area contributed by atoms with E-state index in [-0.39, 0.29) is 11.8 Å². The van der Waals surface area contributed by atoms with E-state index in [1.54, 1.807) is 13.3 Å². The lowest BCUT2D eigenvalue weighted by Crippen LogP contribution is -2.31. The predicted octanol–water partition coefficient (Wildman–Crippen LogP) is 2.12. The number of likely N-dealkylation sites (tertiary alicyclic amines) is 1. The molecule has 0 aromatic carbocycles. The maximum Gasteiger partial charge on any atom is 0.229 e. The molecule has 1 amide bonds. The van der Waals surface area contributed by atoms with Crippen LogP contribution >= 0.6 is 0 Å². The van der Waals surface area contributed by atoms with Crippen molar-refractivity contribution in [3.63, 3.8) is 0 Å². The van der Waals surface area contributed by atoms with Gasteiger partial charge in [0, 0.05) is 25.4 Å². The molecule has 1 aromatic heterocycles. The fourth-order valence-electron chi connectivity index (χ4n) is 2.44. The fourth-order valence-corrected chi connectivity index (χ4v) is 2.44. The van der Waals surface area contributed by atoms with Gasteiger partial charge in [-0.2, -0.15) is 0 Å². The Kier molecular flexibility index (Phi) is 3.84. The van der Waals surface area contributed by atoms with Crippen molar-refractivity contribution in [1.29, 1.82) is 0 Å². The number of amides is 1. The minimum atomic E-state index is -0.125. The zero-order valence-corrected chi connectivity index (χ0v) is 11.3. The molecular formula is C14H20N2O2. The number of rotatable bonds is 3. The average Bonchev–Trinajstić information content (AvgIpc) is 2.91. The van der Waals surface area contributed by atoms with Gasteiger partial charge in [0.1, 0.15) is 0 Å². The summed E-state index contributed by atoms with van der Waals surface area (Å²) in [4.78, 5) is 18.5. The molecule has 0 saturated carbocycles. The molecule has 2 heterocycles. The number of aromatic nitrogens is 1. The van der Waals surface area contributed by atoms with Crippen LogP contribution in [0.1, 0.15) is 36.8 Å². The van der Waals surface area contributed by atoms with Gasteiger partial charge in [0.2, 0.25) is 11.8 Å². The molecule has 0 spiro atoms.